The van der Waals surface area contributed by atoms with Crippen molar-refractivity contribution in [3.05, 3.63) is 24.3 Å². The molecule has 0 radical (unpaired) electrons. The maximum atomic E-state index is 12.2. The van der Waals surface area contributed by atoms with Crippen LogP contribution in [0.1, 0.15) is 26.2 Å². The van der Waals surface area contributed by atoms with Gasteiger partial charge in [0.2, 0.25) is 5.91 Å². The maximum absolute atomic E-state index is 12.2. The molecule has 1 aliphatic rings. The minimum absolute atomic E-state index is 0.00528. The first-order chi connectivity index (χ1) is 10.5. The van der Waals surface area contributed by atoms with Crippen molar-refractivity contribution in [3.8, 4) is 0 Å². The largest absolute Gasteiger partial charge is 0.351 e. The second-order valence-electron chi connectivity index (χ2n) is 5.91. The van der Waals surface area contributed by atoms with Crippen molar-refractivity contribution in [1.82, 2.24) is 5.32 Å². The Hall–Kier alpha value is -2.08. The van der Waals surface area contributed by atoms with Crippen LogP contribution in [0.2, 0.25) is 0 Å². The van der Waals surface area contributed by atoms with Gasteiger partial charge in [-0.1, -0.05) is 13.0 Å². The first-order valence-corrected chi connectivity index (χ1v) is 7.71. The first-order valence-electron chi connectivity index (χ1n) is 7.71. The normalized spacial score (nSPS) is 19.2. The van der Waals surface area contributed by atoms with Crippen LogP contribution >= 0.6 is 0 Å². The van der Waals surface area contributed by atoms with E-state index >= 15 is 0 Å². The predicted molar refractivity (Wildman–Crippen MR) is 87.7 cm³/mol. The summed E-state index contributed by atoms with van der Waals surface area (Å²) in [4.78, 5) is 23.0. The van der Waals surface area contributed by atoms with Crippen LogP contribution in [0.5, 0.6) is 0 Å². The van der Waals surface area contributed by atoms with Gasteiger partial charge in [0.05, 0.1) is 0 Å². The number of amides is 3. The number of urea groups is 1. The van der Waals surface area contributed by atoms with Crippen LogP contribution in [0.4, 0.5) is 16.2 Å². The smallest absolute Gasteiger partial charge is 0.316 e. The Balaban J connectivity index is 1.87. The molecule has 0 bridgehead atoms. The third kappa shape index (κ3) is 5.04. The number of rotatable bonds is 5. The summed E-state index contributed by atoms with van der Waals surface area (Å²) in [5.74, 6) is 0.899. The van der Waals surface area contributed by atoms with Crippen LogP contribution in [-0.4, -0.2) is 25.0 Å². The topological polar surface area (TPSA) is 96.2 Å². The summed E-state index contributed by atoms with van der Waals surface area (Å²) >= 11 is 0. The molecular formula is C16H24N4O2. The molecule has 0 spiro atoms. The summed E-state index contributed by atoms with van der Waals surface area (Å²) in [5, 5.41) is 8.74. The number of anilines is 2. The van der Waals surface area contributed by atoms with Gasteiger partial charge in [0.1, 0.15) is 0 Å². The number of nitrogens with one attached hydrogen (secondary N) is 3. The monoisotopic (exact) mass is 304 g/mol. The molecule has 1 fully saturated rings. The van der Waals surface area contributed by atoms with Crippen LogP contribution in [0.15, 0.2) is 24.3 Å². The summed E-state index contributed by atoms with van der Waals surface area (Å²) in [7, 11) is 0. The molecular weight excluding hydrogens is 280 g/mol. The molecule has 1 aromatic rings. The Labute approximate surface area is 130 Å². The highest BCUT2D eigenvalue weighted by Gasteiger charge is 2.22. The zero-order chi connectivity index (χ0) is 15.9. The molecule has 2 rings (SSSR count). The van der Waals surface area contributed by atoms with E-state index in [0.717, 1.165) is 13.1 Å². The van der Waals surface area contributed by atoms with Gasteiger partial charge in [0.25, 0.3) is 0 Å². The molecule has 0 aliphatic carbocycles. The van der Waals surface area contributed by atoms with Crippen molar-refractivity contribution in [2.75, 3.05) is 23.7 Å². The SMILES string of the molecule is CC(CC(=O)Nc1cccc(NC(N)=O)c1)C1CCCNC1. The van der Waals surface area contributed by atoms with Gasteiger partial charge in [0.15, 0.2) is 0 Å². The Morgan fingerprint density at radius 2 is 2.09 bits per heavy atom. The molecule has 22 heavy (non-hydrogen) atoms. The van der Waals surface area contributed by atoms with Gasteiger partial charge < -0.3 is 21.7 Å². The van der Waals surface area contributed by atoms with Crippen LogP contribution < -0.4 is 21.7 Å². The number of hydrogen-bond acceptors (Lipinski definition) is 3. The van der Waals surface area contributed by atoms with E-state index in [1.165, 1.54) is 12.8 Å². The number of carbonyl (C=O) groups is 2. The lowest BCUT2D eigenvalue weighted by Crippen LogP contribution is -2.34. The molecule has 1 aromatic carbocycles. The second-order valence-corrected chi connectivity index (χ2v) is 5.91. The number of hydrogen-bond donors (Lipinski definition) is 4. The van der Waals surface area contributed by atoms with Crippen molar-refractivity contribution in [2.45, 2.75) is 26.2 Å². The van der Waals surface area contributed by atoms with Gasteiger partial charge in [-0.05, 0) is 56.0 Å². The molecule has 2 unspecified atom stereocenters. The zero-order valence-electron chi connectivity index (χ0n) is 12.9. The first kappa shape index (κ1) is 16.3. The van der Waals surface area contributed by atoms with Crippen LogP contribution in [0, 0.1) is 11.8 Å². The minimum atomic E-state index is -0.623. The van der Waals surface area contributed by atoms with E-state index in [4.69, 9.17) is 5.73 Å². The summed E-state index contributed by atoms with van der Waals surface area (Å²) in [6.45, 7) is 4.20. The van der Waals surface area contributed by atoms with Crippen LogP contribution in [-0.2, 0) is 4.79 Å². The van der Waals surface area contributed by atoms with Gasteiger partial charge in [-0.3, -0.25) is 4.79 Å². The number of carbonyl (C=O) groups excluding carboxylic acids is 2. The predicted octanol–water partition coefficient (Wildman–Crippen LogP) is 2.14. The van der Waals surface area contributed by atoms with Crippen LogP contribution in [0.25, 0.3) is 0 Å². The summed E-state index contributed by atoms with van der Waals surface area (Å²) in [5.41, 5.74) is 6.30. The van der Waals surface area contributed by atoms with E-state index in [-0.39, 0.29) is 5.91 Å². The summed E-state index contributed by atoms with van der Waals surface area (Å²) in [6, 6.07) is 6.33. The average molecular weight is 304 g/mol. The van der Waals surface area contributed by atoms with E-state index in [1.54, 1.807) is 24.3 Å². The third-order valence-electron chi connectivity index (χ3n) is 4.06. The number of piperidine rings is 1. The van der Waals surface area contributed by atoms with Gasteiger partial charge in [-0.15, -0.1) is 0 Å². The van der Waals surface area contributed by atoms with Crippen molar-refractivity contribution >= 4 is 23.3 Å². The van der Waals surface area contributed by atoms with Crippen molar-refractivity contribution < 1.29 is 9.59 Å². The Bertz CT molecular complexity index is 527. The minimum Gasteiger partial charge on any atom is -0.351 e. The Morgan fingerprint density at radius 3 is 2.73 bits per heavy atom. The molecule has 6 nitrogen and oxygen atoms in total. The molecule has 1 aliphatic heterocycles. The highest BCUT2D eigenvalue weighted by Crippen LogP contribution is 2.23. The van der Waals surface area contributed by atoms with Crippen molar-refractivity contribution in [3.63, 3.8) is 0 Å². The quantitative estimate of drug-likeness (QED) is 0.671. The zero-order valence-corrected chi connectivity index (χ0v) is 12.9. The lowest BCUT2D eigenvalue weighted by atomic mass is 9.85. The molecule has 0 saturated carbocycles. The summed E-state index contributed by atoms with van der Waals surface area (Å²) < 4.78 is 0. The van der Waals surface area contributed by atoms with Gasteiger partial charge >= 0.3 is 6.03 Å². The fraction of sp³-hybridized carbons (Fsp3) is 0.500. The standard InChI is InChI=1S/C16H24N4O2/c1-11(12-4-3-7-18-10-12)8-15(21)19-13-5-2-6-14(9-13)20-16(17)22/h2,5-6,9,11-12,18H,3-4,7-8,10H2,1H3,(H,19,21)(H3,17,20,22). The lowest BCUT2D eigenvalue weighted by molar-refractivity contribution is -0.117. The van der Waals surface area contributed by atoms with Crippen LogP contribution in [0.3, 0.4) is 0 Å². The lowest BCUT2D eigenvalue weighted by Gasteiger charge is -2.28. The molecule has 6 heteroatoms. The molecule has 0 aromatic heterocycles. The Morgan fingerprint density at radius 1 is 1.36 bits per heavy atom. The second kappa shape index (κ2) is 7.79. The molecule has 5 N–H and O–H groups in total. The molecule has 1 saturated heterocycles. The fourth-order valence-electron chi connectivity index (χ4n) is 2.85. The average Bonchev–Trinajstić information content (AvgIpc) is 2.47. The van der Waals surface area contributed by atoms with Crippen molar-refractivity contribution in [1.29, 1.82) is 0 Å². The highest BCUT2D eigenvalue weighted by molar-refractivity contribution is 5.93. The van der Waals surface area contributed by atoms with Gasteiger partial charge in [0, 0.05) is 17.8 Å². The number of primary amides is 1. The summed E-state index contributed by atoms with van der Waals surface area (Å²) in [6.07, 6.45) is 2.86. The van der Waals surface area contributed by atoms with E-state index in [1.807, 2.05) is 0 Å². The number of benzene rings is 1. The third-order valence-corrected chi connectivity index (χ3v) is 4.06. The highest BCUT2D eigenvalue weighted by atomic mass is 16.2. The molecule has 2 atom stereocenters. The molecule has 120 valence electrons. The van der Waals surface area contributed by atoms with E-state index < -0.39 is 6.03 Å². The van der Waals surface area contributed by atoms with Gasteiger partial charge in [-0.2, -0.15) is 0 Å². The van der Waals surface area contributed by atoms with E-state index in [2.05, 4.69) is 22.9 Å². The van der Waals surface area contributed by atoms with E-state index in [9.17, 15) is 9.59 Å². The number of nitrogens with two attached hydrogens (primary N) is 1. The van der Waals surface area contributed by atoms with Crippen molar-refractivity contribution in [2.24, 2.45) is 17.6 Å². The fourth-order valence-corrected chi connectivity index (χ4v) is 2.85. The molecule has 3 amide bonds. The van der Waals surface area contributed by atoms with Gasteiger partial charge in [-0.25, -0.2) is 4.79 Å². The maximum Gasteiger partial charge on any atom is 0.316 e. The molecule has 1 heterocycles. The van der Waals surface area contributed by atoms with E-state index in [0.29, 0.717) is 29.6 Å². The Kier molecular flexibility index (Phi) is 5.77.